The number of aryl methyl sites for hydroxylation is 2. The van der Waals surface area contributed by atoms with Gasteiger partial charge < -0.3 is 15.0 Å². The number of amides is 1. The lowest BCUT2D eigenvalue weighted by Gasteiger charge is -2.31. The maximum absolute atomic E-state index is 12.7. The maximum atomic E-state index is 12.7. The van der Waals surface area contributed by atoms with Crippen LogP contribution >= 0.6 is 0 Å². The highest BCUT2D eigenvalue weighted by atomic mass is 16.5. The molecule has 0 aliphatic carbocycles. The zero-order valence-corrected chi connectivity index (χ0v) is 18.4. The van der Waals surface area contributed by atoms with Gasteiger partial charge in [-0.15, -0.1) is 10.2 Å². The van der Waals surface area contributed by atoms with Crippen LogP contribution in [0.1, 0.15) is 34.6 Å². The van der Waals surface area contributed by atoms with Crippen LogP contribution in [0.5, 0.6) is 0 Å². The Morgan fingerprint density at radius 2 is 1.66 bits per heavy atom. The average Bonchev–Trinajstić information content (AvgIpc) is 3.17. The molecule has 32 heavy (non-hydrogen) atoms. The van der Waals surface area contributed by atoms with E-state index in [2.05, 4.69) is 30.2 Å². The highest BCUT2D eigenvalue weighted by Crippen LogP contribution is 2.23. The number of ether oxygens (including phenoxy) is 1. The van der Waals surface area contributed by atoms with Gasteiger partial charge in [-0.3, -0.25) is 4.79 Å². The number of aromatic nitrogens is 4. The maximum Gasteiger partial charge on any atom is 0.337 e. The summed E-state index contributed by atoms with van der Waals surface area (Å²) in [5, 5.41) is 16.1. The van der Waals surface area contributed by atoms with Gasteiger partial charge in [0.1, 0.15) is 0 Å². The Bertz CT molecular complexity index is 1100. The number of methoxy groups -OCH3 is 1. The number of hydrogen-bond donors (Lipinski definition) is 1. The van der Waals surface area contributed by atoms with Crippen molar-refractivity contribution in [1.29, 1.82) is 0 Å². The largest absolute Gasteiger partial charge is 0.465 e. The zero-order chi connectivity index (χ0) is 22.7. The molecule has 0 saturated carbocycles. The topological polar surface area (TPSA) is 102 Å². The Balaban J connectivity index is 1.32. The molecular weight excluding hydrogens is 408 g/mol. The zero-order valence-electron chi connectivity index (χ0n) is 18.4. The highest BCUT2D eigenvalue weighted by molar-refractivity contribution is 5.94. The molecule has 166 valence electrons. The van der Waals surface area contributed by atoms with Crippen LogP contribution in [0.2, 0.25) is 0 Å². The molecular formula is C23H26N6O3. The average molecular weight is 435 g/mol. The molecule has 1 aliphatic rings. The lowest BCUT2D eigenvalue weighted by atomic mass is 9.95. The van der Waals surface area contributed by atoms with Gasteiger partial charge in [0.25, 0.3) is 0 Å². The van der Waals surface area contributed by atoms with E-state index in [1.807, 2.05) is 32.0 Å². The van der Waals surface area contributed by atoms with Crippen LogP contribution in [0.4, 0.5) is 11.5 Å². The molecule has 0 radical (unpaired) electrons. The molecule has 1 fully saturated rings. The first-order valence-corrected chi connectivity index (χ1v) is 10.6. The lowest BCUT2D eigenvalue weighted by Crippen LogP contribution is -2.38. The van der Waals surface area contributed by atoms with Gasteiger partial charge in [0.2, 0.25) is 5.91 Å². The number of rotatable bonds is 5. The van der Waals surface area contributed by atoms with Crippen LogP contribution < -0.4 is 10.2 Å². The number of esters is 1. The van der Waals surface area contributed by atoms with Crippen molar-refractivity contribution in [3.63, 3.8) is 0 Å². The Hall–Kier alpha value is -3.75. The molecule has 0 unspecified atom stereocenters. The second-order valence-electron chi connectivity index (χ2n) is 7.91. The van der Waals surface area contributed by atoms with Gasteiger partial charge in [-0.25, -0.2) is 9.48 Å². The van der Waals surface area contributed by atoms with E-state index >= 15 is 0 Å². The van der Waals surface area contributed by atoms with E-state index in [1.165, 1.54) is 7.11 Å². The SMILES string of the molecule is COC(=O)c1ccc(NC(=O)C2CCN(c3ccc(-n4nc(C)cc4C)nn3)CC2)cc1. The highest BCUT2D eigenvalue weighted by Gasteiger charge is 2.26. The molecule has 0 spiro atoms. The van der Waals surface area contributed by atoms with Crippen molar-refractivity contribution in [2.75, 3.05) is 30.4 Å². The van der Waals surface area contributed by atoms with Crippen molar-refractivity contribution in [2.24, 2.45) is 5.92 Å². The minimum atomic E-state index is -0.402. The fourth-order valence-electron chi connectivity index (χ4n) is 3.88. The normalized spacial score (nSPS) is 14.3. The summed E-state index contributed by atoms with van der Waals surface area (Å²) in [6, 6.07) is 12.6. The predicted octanol–water partition coefficient (Wildman–Crippen LogP) is 2.92. The second kappa shape index (κ2) is 9.17. The molecule has 1 N–H and O–H groups in total. The molecule has 1 saturated heterocycles. The molecule has 1 aliphatic heterocycles. The Labute approximate surface area is 186 Å². The number of nitrogens with one attached hydrogen (secondary N) is 1. The number of carbonyl (C=O) groups is 2. The van der Waals surface area contributed by atoms with Gasteiger partial charge in [-0.05, 0) is 69.2 Å². The quantitative estimate of drug-likeness (QED) is 0.616. The van der Waals surface area contributed by atoms with E-state index in [1.54, 1.807) is 28.9 Å². The minimum absolute atomic E-state index is 0.0126. The van der Waals surface area contributed by atoms with Gasteiger partial charge in [0.05, 0.1) is 18.4 Å². The van der Waals surface area contributed by atoms with E-state index in [4.69, 9.17) is 0 Å². The first-order chi connectivity index (χ1) is 15.4. The molecule has 0 atom stereocenters. The first kappa shape index (κ1) is 21.5. The van der Waals surface area contributed by atoms with Crippen molar-refractivity contribution in [2.45, 2.75) is 26.7 Å². The van der Waals surface area contributed by atoms with Crippen LogP contribution in [0, 0.1) is 19.8 Å². The third-order valence-corrected chi connectivity index (χ3v) is 5.63. The van der Waals surface area contributed by atoms with Gasteiger partial charge in [0, 0.05) is 30.4 Å². The van der Waals surface area contributed by atoms with Crippen molar-refractivity contribution in [3.8, 4) is 5.82 Å². The molecule has 4 rings (SSSR count). The van der Waals surface area contributed by atoms with Gasteiger partial charge in [0.15, 0.2) is 11.6 Å². The molecule has 9 nitrogen and oxygen atoms in total. The molecule has 9 heteroatoms. The summed E-state index contributed by atoms with van der Waals surface area (Å²) >= 11 is 0. The summed E-state index contributed by atoms with van der Waals surface area (Å²) in [6.07, 6.45) is 1.46. The molecule has 3 aromatic rings. The molecule has 1 aromatic carbocycles. The fourth-order valence-corrected chi connectivity index (χ4v) is 3.88. The van der Waals surface area contributed by atoms with E-state index in [-0.39, 0.29) is 11.8 Å². The van der Waals surface area contributed by atoms with Crippen LogP contribution in [-0.2, 0) is 9.53 Å². The molecule has 0 bridgehead atoms. The third kappa shape index (κ3) is 4.61. The van der Waals surface area contributed by atoms with Crippen LogP contribution in [-0.4, -0.2) is 52.1 Å². The van der Waals surface area contributed by atoms with Crippen LogP contribution in [0.25, 0.3) is 5.82 Å². The van der Waals surface area contributed by atoms with Gasteiger partial charge in [-0.2, -0.15) is 5.10 Å². The Morgan fingerprint density at radius 3 is 2.22 bits per heavy atom. The number of anilines is 2. The molecule has 1 amide bonds. The van der Waals surface area contributed by atoms with Crippen molar-refractivity contribution < 1.29 is 14.3 Å². The summed E-state index contributed by atoms with van der Waals surface area (Å²) < 4.78 is 6.47. The summed E-state index contributed by atoms with van der Waals surface area (Å²) in [5.41, 5.74) is 3.06. The van der Waals surface area contributed by atoms with Crippen LogP contribution in [0.15, 0.2) is 42.5 Å². The van der Waals surface area contributed by atoms with Crippen molar-refractivity contribution in [1.82, 2.24) is 20.0 Å². The number of benzene rings is 1. The minimum Gasteiger partial charge on any atom is -0.465 e. The van der Waals surface area contributed by atoms with Crippen molar-refractivity contribution in [3.05, 3.63) is 59.4 Å². The molecule has 3 heterocycles. The lowest BCUT2D eigenvalue weighted by molar-refractivity contribution is -0.120. The van der Waals surface area contributed by atoms with Crippen molar-refractivity contribution >= 4 is 23.4 Å². The fraction of sp³-hybridized carbons (Fsp3) is 0.348. The van der Waals surface area contributed by atoms with Gasteiger partial charge >= 0.3 is 5.97 Å². The van der Waals surface area contributed by atoms with Crippen LogP contribution in [0.3, 0.4) is 0 Å². The summed E-state index contributed by atoms with van der Waals surface area (Å²) in [7, 11) is 1.34. The number of hydrogen-bond acceptors (Lipinski definition) is 7. The predicted molar refractivity (Wildman–Crippen MR) is 120 cm³/mol. The number of piperidine rings is 1. The standard InChI is InChI=1S/C23H26N6O3/c1-15-14-16(2)29(27-15)21-9-8-20(25-26-21)28-12-10-17(11-13-28)22(30)24-19-6-4-18(5-7-19)23(31)32-3/h4-9,14,17H,10-13H2,1-3H3,(H,24,30). The van der Waals surface area contributed by atoms with E-state index in [0.717, 1.165) is 43.1 Å². The Morgan fingerprint density at radius 1 is 1.00 bits per heavy atom. The van der Waals surface area contributed by atoms with E-state index in [0.29, 0.717) is 17.1 Å². The van der Waals surface area contributed by atoms with E-state index < -0.39 is 5.97 Å². The van der Waals surface area contributed by atoms with Gasteiger partial charge in [-0.1, -0.05) is 0 Å². The monoisotopic (exact) mass is 434 g/mol. The third-order valence-electron chi connectivity index (χ3n) is 5.63. The summed E-state index contributed by atoms with van der Waals surface area (Å²) in [6.45, 7) is 5.39. The molecule has 2 aromatic heterocycles. The smallest absolute Gasteiger partial charge is 0.337 e. The number of nitrogens with zero attached hydrogens (tertiary/aromatic N) is 5. The summed E-state index contributed by atoms with van der Waals surface area (Å²) in [5.74, 6) is 0.996. The summed E-state index contributed by atoms with van der Waals surface area (Å²) in [4.78, 5) is 26.3. The van der Waals surface area contributed by atoms with E-state index in [9.17, 15) is 9.59 Å². The second-order valence-corrected chi connectivity index (χ2v) is 7.91. The first-order valence-electron chi connectivity index (χ1n) is 10.6. The Kier molecular flexibility index (Phi) is 6.16. The number of carbonyl (C=O) groups excluding carboxylic acids is 2.